The van der Waals surface area contributed by atoms with Gasteiger partial charge in [-0.25, -0.2) is 4.98 Å². The molecule has 2 aromatic rings. The molecule has 8 heteroatoms. The number of piperidine rings is 1. The van der Waals surface area contributed by atoms with Gasteiger partial charge in [0.25, 0.3) is 5.91 Å². The molecule has 1 aliphatic rings. The Morgan fingerprint density at radius 3 is 2.58 bits per heavy atom. The lowest BCUT2D eigenvalue weighted by atomic mass is 9.93. The third kappa shape index (κ3) is 5.22. The second-order valence-electron chi connectivity index (χ2n) is 6.47. The highest BCUT2D eigenvalue weighted by Gasteiger charge is 2.26. The molecule has 3 heterocycles. The largest absolute Gasteiger partial charge is 0.459 e. The molecule has 1 aliphatic heterocycles. The Balaban J connectivity index is 0.00000169. The number of aryl methyl sites for hydroxylation is 2. The molecule has 0 radical (unpaired) electrons. The molecule has 2 aromatic heterocycles. The number of likely N-dealkylation sites (tertiary alicyclic amines) is 1. The molecular formula is C18H27Cl2N3O2S. The summed E-state index contributed by atoms with van der Waals surface area (Å²) in [5.41, 5.74) is 0.798. The van der Waals surface area contributed by atoms with Gasteiger partial charge in [-0.15, -0.1) is 36.2 Å². The number of hydrogen-bond donors (Lipinski definition) is 1. The van der Waals surface area contributed by atoms with E-state index in [2.05, 4.69) is 10.3 Å². The molecule has 26 heavy (non-hydrogen) atoms. The van der Waals surface area contributed by atoms with Gasteiger partial charge in [0.2, 0.25) is 0 Å². The van der Waals surface area contributed by atoms with Crippen molar-refractivity contribution < 1.29 is 9.21 Å². The number of hydrogen-bond acceptors (Lipinski definition) is 5. The highest BCUT2D eigenvalue weighted by molar-refractivity contribution is 7.17. The average molecular weight is 420 g/mol. The van der Waals surface area contributed by atoms with Crippen molar-refractivity contribution >= 4 is 42.1 Å². The van der Waals surface area contributed by atoms with E-state index in [-0.39, 0.29) is 30.7 Å². The molecule has 3 rings (SSSR count). The van der Waals surface area contributed by atoms with Crippen LogP contribution in [0.1, 0.15) is 40.4 Å². The van der Waals surface area contributed by atoms with Gasteiger partial charge in [0.15, 0.2) is 10.8 Å². The number of halogens is 2. The third-order valence-electron chi connectivity index (χ3n) is 4.65. The number of carbonyl (C=O) groups excluding carboxylic acids is 1. The van der Waals surface area contributed by atoms with E-state index < -0.39 is 0 Å². The van der Waals surface area contributed by atoms with Crippen LogP contribution < -0.4 is 5.32 Å². The number of furan rings is 1. The second kappa shape index (κ2) is 10.3. The minimum Gasteiger partial charge on any atom is -0.459 e. The monoisotopic (exact) mass is 419 g/mol. The standard InChI is InChI=1S/C18H25N3O2S.2ClH/c1-12-4-5-15(23-12)17-20-13(2)16(24-17)18(22)21-10-7-14(8-11-21)6-9-19-3;;/h4-5,14,19H,6-11H2,1-3H3;2*1H. The van der Waals surface area contributed by atoms with Crippen molar-refractivity contribution in [2.75, 3.05) is 26.7 Å². The molecule has 0 unspecified atom stereocenters. The smallest absolute Gasteiger partial charge is 0.265 e. The SMILES string of the molecule is CNCCC1CCN(C(=O)c2sc(-c3ccc(C)o3)nc2C)CC1.Cl.Cl. The van der Waals surface area contributed by atoms with E-state index in [0.717, 1.165) is 65.5 Å². The van der Waals surface area contributed by atoms with E-state index in [0.29, 0.717) is 0 Å². The Labute approximate surface area is 171 Å². The minimum absolute atomic E-state index is 0. The Hall–Kier alpha value is -1.08. The number of nitrogens with one attached hydrogen (secondary N) is 1. The van der Waals surface area contributed by atoms with E-state index in [9.17, 15) is 4.79 Å². The fraction of sp³-hybridized carbons (Fsp3) is 0.556. The summed E-state index contributed by atoms with van der Waals surface area (Å²) >= 11 is 1.44. The van der Waals surface area contributed by atoms with Gasteiger partial charge in [-0.3, -0.25) is 4.79 Å². The first-order valence-electron chi connectivity index (χ1n) is 8.56. The van der Waals surface area contributed by atoms with Gasteiger partial charge in [0.05, 0.1) is 5.69 Å². The van der Waals surface area contributed by atoms with Crippen LogP contribution in [0.5, 0.6) is 0 Å². The Kier molecular flexibility index (Phi) is 9.10. The van der Waals surface area contributed by atoms with Gasteiger partial charge in [-0.05, 0) is 64.8 Å². The van der Waals surface area contributed by atoms with E-state index in [1.807, 2.05) is 37.9 Å². The van der Waals surface area contributed by atoms with Crippen LogP contribution in [0.4, 0.5) is 0 Å². The van der Waals surface area contributed by atoms with Gasteiger partial charge in [-0.1, -0.05) is 0 Å². The molecule has 146 valence electrons. The first-order chi connectivity index (χ1) is 11.6. The van der Waals surface area contributed by atoms with Crippen molar-refractivity contribution in [1.82, 2.24) is 15.2 Å². The molecular weight excluding hydrogens is 393 g/mol. The maximum absolute atomic E-state index is 12.8. The van der Waals surface area contributed by atoms with Crippen LogP contribution in [0.25, 0.3) is 10.8 Å². The Morgan fingerprint density at radius 1 is 1.31 bits per heavy atom. The number of thiazole rings is 1. The molecule has 0 saturated carbocycles. The lowest BCUT2D eigenvalue weighted by molar-refractivity contribution is 0.0691. The summed E-state index contributed by atoms with van der Waals surface area (Å²) in [6.07, 6.45) is 3.38. The summed E-state index contributed by atoms with van der Waals surface area (Å²) < 4.78 is 5.63. The van der Waals surface area contributed by atoms with Crippen LogP contribution in [0, 0.1) is 19.8 Å². The summed E-state index contributed by atoms with van der Waals surface area (Å²) in [7, 11) is 1.99. The molecule has 1 N–H and O–H groups in total. The van der Waals surface area contributed by atoms with E-state index in [1.54, 1.807) is 0 Å². The quantitative estimate of drug-likeness (QED) is 0.783. The van der Waals surface area contributed by atoms with Crippen molar-refractivity contribution in [2.24, 2.45) is 5.92 Å². The molecule has 1 amide bonds. The highest BCUT2D eigenvalue weighted by Crippen LogP contribution is 2.31. The highest BCUT2D eigenvalue weighted by atomic mass is 35.5. The molecule has 0 atom stereocenters. The minimum atomic E-state index is 0. The average Bonchev–Trinajstić information content (AvgIpc) is 3.18. The zero-order valence-corrected chi connectivity index (χ0v) is 17.9. The predicted octanol–water partition coefficient (Wildman–Crippen LogP) is 4.33. The summed E-state index contributed by atoms with van der Waals surface area (Å²) in [6.45, 7) is 6.56. The molecule has 0 aliphatic carbocycles. The van der Waals surface area contributed by atoms with E-state index in [1.165, 1.54) is 17.8 Å². The maximum Gasteiger partial charge on any atom is 0.265 e. The predicted molar refractivity (Wildman–Crippen MR) is 111 cm³/mol. The number of aromatic nitrogens is 1. The summed E-state index contributed by atoms with van der Waals surface area (Å²) in [4.78, 5) is 20.1. The normalized spacial score (nSPS) is 14.7. The van der Waals surface area contributed by atoms with Gasteiger partial charge in [0, 0.05) is 13.1 Å². The Bertz CT molecular complexity index is 709. The number of amides is 1. The van der Waals surface area contributed by atoms with E-state index >= 15 is 0 Å². The van der Waals surface area contributed by atoms with Gasteiger partial charge < -0.3 is 14.6 Å². The van der Waals surface area contributed by atoms with Crippen LogP contribution in [0.15, 0.2) is 16.5 Å². The first-order valence-corrected chi connectivity index (χ1v) is 9.38. The van der Waals surface area contributed by atoms with Gasteiger partial charge in [0.1, 0.15) is 10.6 Å². The van der Waals surface area contributed by atoms with Crippen LogP contribution in [-0.2, 0) is 0 Å². The third-order valence-corrected chi connectivity index (χ3v) is 5.81. The van der Waals surface area contributed by atoms with Crippen LogP contribution in [-0.4, -0.2) is 42.5 Å². The van der Waals surface area contributed by atoms with Crippen molar-refractivity contribution in [3.05, 3.63) is 28.5 Å². The number of carbonyl (C=O) groups is 1. The number of nitrogens with zero attached hydrogens (tertiary/aromatic N) is 2. The number of rotatable bonds is 5. The molecule has 0 aromatic carbocycles. The summed E-state index contributed by atoms with van der Waals surface area (Å²) in [5, 5.41) is 3.99. The van der Waals surface area contributed by atoms with E-state index in [4.69, 9.17) is 4.42 Å². The van der Waals surface area contributed by atoms with Crippen molar-refractivity contribution in [3.63, 3.8) is 0 Å². The van der Waals surface area contributed by atoms with Crippen molar-refractivity contribution in [1.29, 1.82) is 0 Å². The van der Waals surface area contributed by atoms with Crippen LogP contribution in [0.3, 0.4) is 0 Å². The molecule has 0 bridgehead atoms. The molecule has 1 saturated heterocycles. The molecule has 1 fully saturated rings. The lowest BCUT2D eigenvalue weighted by Gasteiger charge is -2.31. The van der Waals surface area contributed by atoms with Gasteiger partial charge in [-0.2, -0.15) is 0 Å². The topological polar surface area (TPSA) is 58.4 Å². The lowest BCUT2D eigenvalue weighted by Crippen LogP contribution is -2.38. The van der Waals surface area contributed by atoms with Crippen LogP contribution >= 0.6 is 36.2 Å². The fourth-order valence-electron chi connectivity index (χ4n) is 3.17. The zero-order chi connectivity index (χ0) is 17.1. The first kappa shape index (κ1) is 23.0. The summed E-state index contributed by atoms with van der Waals surface area (Å²) in [5.74, 6) is 2.44. The summed E-state index contributed by atoms with van der Waals surface area (Å²) in [6, 6.07) is 3.83. The Morgan fingerprint density at radius 2 is 2.00 bits per heavy atom. The maximum atomic E-state index is 12.8. The van der Waals surface area contributed by atoms with Crippen molar-refractivity contribution in [3.8, 4) is 10.8 Å². The fourth-order valence-corrected chi connectivity index (χ4v) is 4.16. The van der Waals surface area contributed by atoms with Crippen molar-refractivity contribution in [2.45, 2.75) is 33.1 Å². The molecule has 0 spiro atoms. The molecule has 5 nitrogen and oxygen atoms in total. The van der Waals surface area contributed by atoms with Crippen LogP contribution in [0.2, 0.25) is 0 Å². The van der Waals surface area contributed by atoms with Gasteiger partial charge >= 0.3 is 0 Å². The zero-order valence-electron chi connectivity index (χ0n) is 15.4. The second-order valence-corrected chi connectivity index (χ2v) is 7.47.